The highest BCUT2D eigenvalue weighted by Gasteiger charge is 2.34. The molecule has 0 aromatic carbocycles. The van der Waals surface area contributed by atoms with Crippen molar-refractivity contribution in [2.75, 3.05) is 13.1 Å². The van der Waals surface area contributed by atoms with Gasteiger partial charge in [0.1, 0.15) is 8.42 Å². The molecule has 0 bridgehead atoms. The molecule has 0 spiro atoms. The Kier molecular flexibility index (Phi) is 5.96. The van der Waals surface area contributed by atoms with Gasteiger partial charge in [-0.3, -0.25) is 0 Å². The molecule has 6 nitrogen and oxygen atoms in total. The van der Waals surface area contributed by atoms with Crippen LogP contribution in [0.2, 0.25) is 0 Å². The summed E-state index contributed by atoms with van der Waals surface area (Å²) in [6, 6.07) is 6.42. The molecule has 2 aromatic rings. The normalized spacial score (nSPS) is 19.9. The summed E-state index contributed by atoms with van der Waals surface area (Å²) >= 11 is 2.38. The predicted molar refractivity (Wildman–Crippen MR) is 100.0 cm³/mol. The molecule has 1 saturated heterocycles. The summed E-state index contributed by atoms with van der Waals surface area (Å²) in [5.74, 6) is 0. The van der Waals surface area contributed by atoms with Crippen LogP contribution in [0.25, 0.3) is 0 Å². The molecule has 2 aromatic heterocycles. The number of sulfonamides is 2. The van der Waals surface area contributed by atoms with Gasteiger partial charge < -0.3 is 0 Å². The third-order valence-corrected chi connectivity index (χ3v) is 10.3. The minimum atomic E-state index is -3.51. The van der Waals surface area contributed by atoms with E-state index < -0.39 is 20.0 Å². The lowest BCUT2D eigenvalue weighted by molar-refractivity contribution is 0.242. The zero-order valence-corrected chi connectivity index (χ0v) is 16.8. The van der Waals surface area contributed by atoms with Crippen molar-refractivity contribution in [3.05, 3.63) is 35.0 Å². The first-order valence-electron chi connectivity index (χ1n) is 8.00. The van der Waals surface area contributed by atoms with Crippen LogP contribution >= 0.6 is 22.7 Å². The summed E-state index contributed by atoms with van der Waals surface area (Å²) in [6.07, 6.45) is 3.02. The number of nitrogens with one attached hydrogen (secondary N) is 1. The van der Waals surface area contributed by atoms with Crippen molar-refractivity contribution in [1.29, 1.82) is 0 Å². The monoisotopic (exact) mass is 420 g/mol. The first-order chi connectivity index (χ1) is 11.9. The molecule has 0 radical (unpaired) electrons. The molecule has 0 saturated carbocycles. The average Bonchev–Trinajstić information content (AvgIpc) is 3.29. The largest absolute Gasteiger partial charge is 0.252 e. The number of thiophene rings is 2. The molecule has 138 valence electrons. The van der Waals surface area contributed by atoms with Gasteiger partial charge in [0.2, 0.25) is 10.0 Å². The summed E-state index contributed by atoms with van der Waals surface area (Å²) in [7, 11) is -7.01. The van der Waals surface area contributed by atoms with Crippen molar-refractivity contribution in [2.45, 2.75) is 40.1 Å². The van der Waals surface area contributed by atoms with E-state index in [1.54, 1.807) is 39.3 Å². The zero-order chi connectivity index (χ0) is 17.9. The van der Waals surface area contributed by atoms with Crippen LogP contribution in [0.15, 0.2) is 43.4 Å². The van der Waals surface area contributed by atoms with Crippen LogP contribution in [0.4, 0.5) is 0 Å². The number of rotatable bonds is 7. The van der Waals surface area contributed by atoms with Crippen molar-refractivity contribution in [3.8, 4) is 0 Å². The fraction of sp³-hybridized carbons (Fsp3) is 0.467. The fourth-order valence-electron chi connectivity index (χ4n) is 2.95. The second kappa shape index (κ2) is 7.85. The van der Waals surface area contributed by atoms with Gasteiger partial charge in [-0.05, 0) is 42.2 Å². The van der Waals surface area contributed by atoms with E-state index in [9.17, 15) is 16.8 Å². The topological polar surface area (TPSA) is 83.6 Å². The summed E-state index contributed by atoms with van der Waals surface area (Å²) in [5, 5.41) is 3.46. The number of hydrogen-bond acceptors (Lipinski definition) is 6. The summed E-state index contributed by atoms with van der Waals surface area (Å²) < 4.78 is 54.7. The molecule has 1 aliphatic rings. The third kappa shape index (κ3) is 4.32. The third-order valence-electron chi connectivity index (χ3n) is 4.16. The molecule has 1 N–H and O–H groups in total. The Bertz CT molecular complexity index is 874. The van der Waals surface area contributed by atoms with Gasteiger partial charge in [-0.1, -0.05) is 18.6 Å². The minimum Gasteiger partial charge on any atom is -0.210 e. The molecule has 1 fully saturated rings. The Hall–Kier alpha value is -0.780. The van der Waals surface area contributed by atoms with E-state index in [0.29, 0.717) is 17.2 Å². The Labute approximate surface area is 156 Å². The highest BCUT2D eigenvalue weighted by Crippen LogP contribution is 2.29. The van der Waals surface area contributed by atoms with Crippen LogP contribution in [0.1, 0.15) is 25.7 Å². The van der Waals surface area contributed by atoms with Gasteiger partial charge in [-0.25, -0.2) is 21.6 Å². The van der Waals surface area contributed by atoms with Crippen LogP contribution in [0.3, 0.4) is 0 Å². The molecule has 0 aliphatic carbocycles. The maximum Gasteiger partial charge on any atom is 0.252 e. The van der Waals surface area contributed by atoms with E-state index in [1.807, 2.05) is 0 Å². The molecule has 10 heteroatoms. The van der Waals surface area contributed by atoms with Crippen molar-refractivity contribution < 1.29 is 16.8 Å². The average molecular weight is 421 g/mol. The first kappa shape index (κ1) is 19.0. The van der Waals surface area contributed by atoms with Crippen molar-refractivity contribution in [1.82, 2.24) is 9.03 Å². The van der Waals surface area contributed by atoms with Gasteiger partial charge in [-0.2, -0.15) is 4.31 Å². The van der Waals surface area contributed by atoms with Crippen LogP contribution in [0.5, 0.6) is 0 Å². The van der Waals surface area contributed by atoms with E-state index in [4.69, 9.17) is 0 Å². The maximum absolute atomic E-state index is 12.8. The molecule has 1 aliphatic heterocycles. The number of hydrogen-bond donors (Lipinski definition) is 1. The Morgan fingerprint density at radius 1 is 1.04 bits per heavy atom. The molecular weight excluding hydrogens is 400 g/mol. The van der Waals surface area contributed by atoms with Gasteiger partial charge in [0.05, 0.1) is 0 Å². The van der Waals surface area contributed by atoms with Crippen LogP contribution < -0.4 is 4.72 Å². The van der Waals surface area contributed by atoms with Gasteiger partial charge in [0.15, 0.2) is 0 Å². The first-order valence-corrected chi connectivity index (χ1v) is 12.7. The highest BCUT2D eigenvalue weighted by molar-refractivity contribution is 7.91. The van der Waals surface area contributed by atoms with Crippen LogP contribution in [-0.4, -0.2) is 40.3 Å². The molecule has 25 heavy (non-hydrogen) atoms. The second-order valence-corrected chi connectivity index (χ2v) is 11.8. The Morgan fingerprint density at radius 3 is 2.36 bits per heavy atom. The van der Waals surface area contributed by atoms with Crippen LogP contribution in [0, 0.1) is 0 Å². The van der Waals surface area contributed by atoms with E-state index in [2.05, 4.69) is 4.72 Å². The predicted octanol–water partition coefficient (Wildman–Crippen LogP) is 2.72. The smallest absolute Gasteiger partial charge is 0.210 e. The lowest BCUT2D eigenvalue weighted by atomic mass is 10.0. The standard InChI is InChI=1S/C15H20N2O4S4/c18-24(19,14-6-3-11-22-14)16-9-8-13-5-1-2-10-17(13)25(20,21)15-7-4-12-23-15/h3-4,6-7,11-13,16H,1-2,5,8-10H2. The molecule has 1 unspecified atom stereocenters. The fourth-order valence-corrected chi connectivity index (χ4v) is 7.88. The van der Waals surface area contributed by atoms with Gasteiger partial charge in [0, 0.05) is 19.1 Å². The van der Waals surface area contributed by atoms with E-state index >= 15 is 0 Å². The SMILES string of the molecule is O=S(=O)(NCCC1CCCCN1S(=O)(=O)c1cccs1)c1cccs1. The van der Waals surface area contributed by atoms with Crippen LogP contribution in [-0.2, 0) is 20.0 Å². The van der Waals surface area contributed by atoms with Gasteiger partial charge in [-0.15, -0.1) is 22.7 Å². The molecule has 0 amide bonds. The van der Waals surface area contributed by atoms with E-state index in [-0.39, 0.29) is 16.8 Å². The van der Waals surface area contributed by atoms with Gasteiger partial charge in [0.25, 0.3) is 10.0 Å². The summed E-state index contributed by atoms with van der Waals surface area (Å²) in [6.45, 7) is 0.712. The Balaban J connectivity index is 1.66. The number of piperidine rings is 1. The molecule has 3 heterocycles. The minimum absolute atomic E-state index is 0.174. The second-order valence-electron chi connectivity index (χ2n) is 5.82. The lowest BCUT2D eigenvalue weighted by Crippen LogP contribution is -2.44. The maximum atomic E-state index is 12.8. The van der Waals surface area contributed by atoms with Gasteiger partial charge >= 0.3 is 0 Å². The quantitative estimate of drug-likeness (QED) is 0.746. The molecule has 1 atom stereocenters. The number of nitrogens with zero attached hydrogens (tertiary/aromatic N) is 1. The molecular formula is C15H20N2O4S4. The summed E-state index contributed by atoms with van der Waals surface area (Å²) in [4.78, 5) is 0. The zero-order valence-electron chi connectivity index (χ0n) is 13.5. The lowest BCUT2D eigenvalue weighted by Gasteiger charge is -2.34. The van der Waals surface area contributed by atoms with Crippen molar-refractivity contribution in [2.24, 2.45) is 0 Å². The van der Waals surface area contributed by atoms with Crippen molar-refractivity contribution >= 4 is 42.7 Å². The van der Waals surface area contributed by atoms with E-state index in [1.165, 1.54) is 11.3 Å². The summed E-state index contributed by atoms with van der Waals surface area (Å²) in [5.41, 5.74) is 0. The molecule has 3 rings (SSSR count). The van der Waals surface area contributed by atoms with Crippen molar-refractivity contribution in [3.63, 3.8) is 0 Å². The Morgan fingerprint density at radius 2 is 1.72 bits per heavy atom. The van der Waals surface area contributed by atoms with E-state index in [0.717, 1.165) is 30.6 Å². The highest BCUT2D eigenvalue weighted by atomic mass is 32.3.